The molecule has 0 aromatic carbocycles. The molecule has 1 aliphatic rings. The number of rotatable bonds is 12. The summed E-state index contributed by atoms with van der Waals surface area (Å²) in [6.45, 7) is 18.3. The van der Waals surface area contributed by atoms with Crippen LogP contribution in [0.3, 0.4) is 0 Å². The number of hydrogen-bond acceptors (Lipinski definition) is 10. The van der Waals surface area contributed by atoms with Gasteiger partial charge in [-0.15, -0.1) is 0 Å². The Bertz CT molecular complexity index is 830. The normalized spacial score (nSPS) is 17.3. The number of aliphatic carboxylic acids is 1. The van der Waals surface area contributed by atoms with E-state index in [0.29, 0.717) is 45.4 Å². The zero-order chi connectivity index (χ0) is 30.9. The van der Waals surface area contributed by atoms with Gasteiger partial charge in [0.1, 0.15) is 16.8 Å². The first-order chi connectivity index (χ1) is 18.1. The highest BCUT2D eigenvalue weighted by Crippen LogP contribution is 2.28. The zero-order valence-corrected chi connectivity index (χ0v) is 26.4. The predicted molar refractivity (Wildman–Crippen MR) is 152 cm³/mol. The lowest BCUT2D eigenvalue weighted by molar-refractivity contribution is -0.160. The molecule has 1 N–H and O–H groups in total. The minimum atomic E-state index is -0.866. The molecule has 11 heteroatoms. The van der Waals surface area contributed by atoms with Crippen molar-refractivity contribution < 1.29 is 38.5 Å². The van der Waals surface area contributed by atoms with Gasteiger partial charge in [-0.1, -0.05) is 6.42 Å². The third-order valence-electron chi connectivity index (χ3n) is 6.19. The van der Waals surface area contributed by atoms with Crippen LogP contribution >= 0.6 is 0 Å². The summed E-state index contributed by atoms with van der Waals surface area (Å²) in [7, 11) is 1.84. The van der Waals surface area contributed by atoms with E-state index in [-0.39, 0.29) is 44.0 Å². The molecule has 11 nitrogen and oxygen atoms in total. The van der Waals surface area contributed by atoms with Crippen LogP contribution in [-0.4, -0.2) is 119 Å². The van der Waals surface area contributed by atoms with Crippen molar-refractivity contribution in [1.29, 1.82) is 0 Å². The van der Waals surface area contributed by atoms with Crippen LogP contribution in [0.25, 0.3) is 0 Å². The summed E-state index contributed by atoms with van der Waals surface area (Å²) in [6, 6.07) is 0. The largest absolute Gasteiger partial charge is 0.481 e. The Morgan fingerprint density at radius 3 is 1.50 bits per heavy atom. The highest BCUT2D eigenvalue weighted by atomic mass is 16.6. The van der Waals surface area contributed by atoms with Crippen molar-refractivity contribution in [3.05, 3.63) is 0 Å². The van der Waals surface area contributed by atoms with Gasteiger partial charge in [-0.05, 0) is 82.2 Å². The van der Waals surface area contributed by atoms with E-state index in [9.17, 15) is 24.3 Å². The maximum atomic E-state index is 12.9. The fourth-order valence-electron chi connectivity index (χ4n) is 4.76. The van der Waals surface area contributed by atoms with Crippen LogP contribution in [-0.2, 0) is 33.4 Å². The fraction of sp³-hybridized carbons (Fsp3) is 0.862. The lowest BCUT2D eigenvalue weighted by Crippen LogP contribution is -2.60. The maximum Gasteiger partial charge on any atom is 0.320 e. The molecule has 0 amide bonds. The smallest absolute Gasteiger partial charge is 0.320 e. The van der Waals surface area contributed by atoms with Gasteiger partial charge in [-0.2, -0.15) is 0 Å². The molecule has 1 aliphatic heterocycles. The molecule has 0 unspecified atom stereocenters. The van der Waals surface area contributed by atoms with E-state index in [0.717, 1.165) is 0 Å². The highest BCUT2D eigenvalue weighted by molar-refractivity contribution is 5.73. The molecular weight excluding hydrogens is 518 g/mol. The molecule has 0 bridgehead atoms. The van der Waals surface area contributed by atoms with Gasteiger partial charge in [0.25, 0.3) is 0 Å². The van der Waals surface area contributed by atoms with Crippen LogP contribution in [0.5, 0.6) is 0 Å². The van der Waals surface area contributed by atoms with Crippen LogP contribution in [0.2, 0.25) is 0 Å². The molecule has 1 heterocycles. The van der Waals surface area contributed by atoms with Crippen LogP contribution < -0.4 is 0 Å². The van der Waals surface area contributed by atoms with Gasteiger partial charge >= 0.3 is 23.9 Å². The Balaban J connectivity index is 3.35. The zero-order valence-electron chi connectivity index (χ0n) is 26.4. The first-order valence-corrected chi connectivity index (χ1v) is 14.1. The molecule has 40 heavy (non-hydrogen) atoms. The minimum Gasteiger partial charge on any atom is -0.481 e. The van der Waals surface area contributed by atoms with Gasteiger partial charge < -0.3 is 19.3 Å². The van der Waals surface area contributed by atoms with Crippen molar-refractivity contribution in [3.8, 4) is 0 Å². The number of nitrogens with zero attached hydrogens (tertiary/aromatic N) is 3. The molecule has 0 aromatic rings. The number of carbonyl (C=O) groups is 4. The second kappa shape index (κ2) is 14.6. The van der Waals surface area contributed by atoms with Gasteiger partial charge in [0.2, 0.25) is 0 Å². The van der Waals surface area contributed by atoms with Crippen LogP contribution in [0.4, 0.5) is 0 Å². The Morgan fingerprint density at radius 2 is 1.12 bits per heavy atom. The quantitative estimate of drug-likeness (QED) is 0.211. The number of unbranched alkanes of at least 4 members (excludes halogenated alkanes) is 1. The Labute approximate surface area is 240 Å². The summed E-state index contributed by atoms with van der Waals surface area (Å²) in [5, 5.41) is 9.17. The lowest BCUT2D eigenvalue weighted by Gasteiger charge is -2.45. The number of carboxylic acid groups (broad SMARTS) is 1. The monoisotopic (exact) mass is 571 g/mol. The first kappa shape index (κ1) is 35.8. The van der Waals surface area contributed by atoms with E-state index in [1.807, 2.05) is 84.1 Å². The number of carbonyl (C=O) groups excluding carboxylic acids is 3. The molecule has 0 aliphatic carbocycles. The summed E-state index contributed by atoms with van der Waals surface area (Å²) in [5.41, 5.74) is -2.60. The highest BCUT2D eigenvalue weighted by Gasteiger charge is 2.42. The molecule has 1 fully saturated rings. The molecule has 1 saturated heterocycles. The van der Waals surface area contributed by atoms with Crippen molar-refractivity contribution >= 4 is 23.9 Å². The molecule has 0 radical (unpaired) electrons. The van der Waals surface area contributed by atoms with Gasteiger partial charge in [-0.3, -0.25) is 33.9 Å². The molecule has 0 aromatic heterocycles. The third kappa shape index (κ3) is 14.9. The molecule has 0 spiro atoms. The van der Waals surface area contributed by atoms with Crippen molar-refractivity contribution in [2.75, 3.05) is 52.9 Å². The Morgan fingerprint density at radius 1 is 0.725 bits per heavy atom. The van der Waals surface area contributed by atoms with Crippen LogP contribution in [0.1, 0.15) is 88.0 Å². The number of hydrogen-bond donors (Lipinski definition) is 1. The number of carboxylic acids is 1. The van der Waals surface area contributed by atoms with Gasteiger partial charge in [0, 0.05) is 38.1 Å². The van der Waals surface area contributed by atoms with Crippen molar-refractivity contribution in [2.24, 2.45) is 0 Å². The lowest BCUT2D eigenvalue weighted by atomic mass is 9.88. The molecule has 0 saturated carbocycles. The van der Waals surface area contributed by atoms with Crippen LogP contribution in [0.15, 0.2) is 0 Å². The van der Waals surface area contributed by atoms with E-state index in [2.05, 4.69) is 0 Å². The number of esters is 3. The topological polar surface area (TPSA) is 126 Å². The second-order valence-electron chi connectivity index (χ2n) is 13.9. The van der Waals surface area contributed by atoms with Crippen molar-refractivity contribution in [2.45, 2.75) is 110 Å². The number of likely N-dealkylation sites (N-methyl/N-ethyl adjacent to an activating group) is 1. The molecule has 0 atom stereocenters. The summed E-state index contributed by atoms with van der Waals surface area (Å²) in [5.74, 6) is -1.97. The Hall–Kier alpha value is -2.24. The SMILES string of the molecule is CN(CC(=O)OC(C)(C)C)C1(CCCCC(=O)O)CN(CC(=O)OC(C)(C)C)CCN(CC(=O)OC(C)(C)C)C1. The van der Waals surface area contributed by atoms with E-state index >= 15 is 0 Å². The predicted octanol–water partition coefficient (Wildman–Crippen LogP) is 2.94. The molecular formula is C29H53N3O8. The molecule has 232 valence electrons. The average molecular weight is 572 g/mol. The maximum absolute atomic E-state index is 12.9. The summed E-state index contributed by atoms with van der Waals surface area (Å²) in [4.78, 5) is 55.6. The van der Waals surface area contributed by atoms with E-state index < -0.39 is 28.3 Å². The summed E-state index contributed by atoms with van der Waals surface area (Å²) in [6.07, 6.45) is 1.64. The number of ether oxygens (including phenoxy) is 3. The van der Waals surface area contributed by atoms with Crippen molar-refractivity contribution in [1.82, 2.24) is 14.7 Å². The van der Waals surface area contributed by atoms with Crippen molar-refractivity contribution in [3.63, 3.8) is 0 Å². The van der Waals surface area contributed by atoms with E-state index in [1.165, 1.54) is 0 Å². The fourth-order valence-corrected chi connectivity index (χ4v) is 4.76. The van der Waals surface area contributed by atoms with Gasteiger partial charge in [0.15, 0.2) is 0 Å². The van der Waals surface area contributed by atoms with E-state index in [1.54, 1.807) is 0 Å². The minimum absolute atomic E-state index is 0.00322. The summed E-state index contributed by atoms with van der Waals surface area (Å²) < 4.78 is 16.7. The molecule has 1 rings (SSSR count). The Kier molecular flexibility index (Phi) is 13.1. The summed E-state index contributed by atoms with van der Waals surface area (Å²) >= 11 is 0. The van der Waals surface area contributed by atoms with Gasteiger partial charge in [-0.25, -0.2) is 0 Å². The van der Waals surface area contributed by atoms with Gasteiger partial charge in [0.05, 0.1) is 19.6 Å². The second-order valence-corrected chi connectivity index (χ2v) is 13.9. The average Bonchev–Trinajstić information content (AvgIpc) is 2.86. The third-order valence-corrected chi connectivity index (χ3v) is 6.19. The van der Waals surface area contributed by atoms with E-state index in [4.69, 9.17) is 14.2 Å². The standard InChI is InChI=1S/C29H53N3O8/c1-26(2,3)38-23(35)17-30(10)29(14-12-11-13-22(33)34)20-31(18-24(36)39-27(4,5)6)15-16-32(21-29)19-25(37)40-28(7,8)9/h11-21H2,1-10H3,(H,33,34). The first-order valence-electron chi connectivity index (χ1n) is 14.1. The van der Waals surface area contributed by atoms with Crippen LogP contribution in [0, 0.1) is 0 Å².